The number of hydrogen-bond donors (Lipinski definition) is 0. The van der Waals surface area contributed by atoms with Gasteiger partial charge in [-0.05, 0) is 62.7 Å². The van der Waals surface area contributed by atoms with Gasteiger partial charge in [0.05, 0.1) is 8.80 Å². The van der Waals surface area contributed by atoms with E-state index in [0.717, 1.165) is 6.23 Å². The standard InChI is InChI=1S/C22H49OP2Si/c1-6-10-14-24(15-11-7-2)18-20-26(22-23-5)21-19-25(16-12-8-3)17-13-9-4/h6-22H2,1-5H3. The maximum atomic E-state index is 5.65. The van der Waals surface area contributed by atoms with Crippen LogP contribution in [0.3, 0.4) is 0 Å². The van der Waals surface area contributed by atoms with Crippen molar-refractivity contribution in [2.45, 2.75) is 91.1 Å². The monoisotopic (exact) mass is 419 g/mol. The zero-order valence-corrected chi connectivity index (χ0v) is 21.6. The molecular weight excluding hydrogens is 370 g/mol. The average Bonchev–Trinajstić information content (AvgIpc) is 2.66. The Labute approximate surface area is 170 Å². The summed E-state index contributed by atoms with van der Waals surface area (Å²) in [5, 5.41) is 0. The van der Waals surface area contributed by atoms with Gasteiger partial charge in [-0.25, -0.2) is 0 Å². The maximum absolute atomic E-state index is 5.65. The number of methoxy groups -OCH3 is 1. The van der Waals surface area contributed by atoms with E-state index < -0.39 is 0 Å². The van der Waals surface area contributed by atoms with Crippen molar-refractivity contribution in [2.24, 2.45) is 0 Å². The summed E-state index contributed by atoms with van der Waals surface area (Å²) in [6.07, 6.45) is 21.7. The fourth-order valence-corrected chi connectivity index (χ4v) is 13.7. The highest BCUT2D eigenvalue weighted by molar-refractivity contribution is 7.58. The Kier molecular flexibility index (Phi) is 21.6. The van der Waals surface area contributed by atoms with E-state index in [1.54, 1.807) is 12.3 Å². The zero-order valence-electron chi connectivity index (χ0n) is 18.8. The molecule has 0 aromatic carbocycles. The summed E-state index contributed by atoms with van der Waals surface area (Å²) >= 11 is 0. The smallest absolute Gasteiger partial charge is 0.0813 e. The third-order valence-electron chi connectivity index (χ3n) is 5.22. The first-order valence-corrected chi connectivity index (χ1v) is 17.4. The first-order valence-electron chi connectivity index (χ1n) is 11.5. The lowest BCUT2D eigenvalue weighted by Crippen LogP contribution is -2.23. The van der Waals surface area contributed by atoms with Crippen molar-refractivity contribution in [3.05, 3.63) is 0 Å². The molecule has 0 unspecified atom stereocenters. The van der Waals surface area contributed by atoms with Crippen molar-refractivity contribution in [1.29, 1.82) is 0 Å². The van der Waals surface area contributed by atoms with E-state index in [9.17, 15) is 0 Å². The molecule has 157 valence electrons. The Morgan fingerprint density at radius 1 is 0.577 bits per heavy atom. The fraction of sp³-hybridized carbons (Fsp3) is 1.00. The molecule has 1 nitrogen and oxygen atoms in total. The molecule has 0 fully saturated rings. The van der Waals surface area contributed by atoms with Crippen LogP contribution >= 0.6 is 15.8 Å². The minimum Gasteiger partial charge on any atom is -0.388 e. The Bertz CT molecular complexity index is 239. The molecule has 0 atom stereocenters. The van der Waals surface area contributed by atoms with Crippen molar-refractivity contribution in [3.63, 3.8) is 0 Å². The first-order chi connectivity index (χ1) is 12.7. The molecule has 0 aliphatic carbocycles. The van der Waals surface area contributed by atoms with Crippen LogP contribution in [0.5, 0.6) is 0 Å². The minimum absolute atomic E-state index is 0.273. The van der Waals surface area contributed by atoms with Gasteiger partial charge >= 0.3 is 0 Å². The summed E-state index contributed by atoms with van der Waals surface area (Å²) in [6, 6.07) is 3.06. The molecule has 0 spiro atoms. The molecule has 0 saturated carbocycles. The molecule has 0 aliphatic rings. The van der Waals surface area contributed by atoms with Crippen molar-refractivity contribution in [3.8, 4) is 0 Å². The fourth-order valence-electron chi connectivity index (χ4n) is 3.30. The van der Waals surface area contributed by atoms with Gasteiger partial charge in [0, 0.05) is 13.3 Å². The molecular formula is C22H49OP2Si. The topological polar surface area (TPSA) is 9.23 Å². The molecule has 4 heteroatoms. The summed E-state index contributed by atoms with van der Waals surface area (Å²) in [5.41, 5.74) is 0. The van der Waals surface area contributed by atoms with Gasteiger partial charge in [0.1, 0.15) is 0 Å². The summed E-state index contributed by atoms with van der Waals surface area (Å²) in [4.78, 5) is 0. The number of hydrogen-bond acceptors (Lipinski definition) is 1. The maximum Gasteiger partial charge on any atom is 0.0813 e. The lowest BCUT2D eigenvalue weighted by molar-refractivity contribution is 0.248. The third kappa shape index (κ3) is 16.0. The Morgan fingerprint density at radius 3 is 1.19 bits per heavy atom. The van der Waals surface area contributed by atoms with Gasteiger partial charge in [-0.15, -0.1) is 15.8 Å². The van der Waals surface area contributed by atoms with E-state index >= 15 is 0 Å². The summed E-state index contributed by atoms with van der Waals surface area (Å²) < 4.78 is 5.65. The second-order valence-corrected chi connectivity index (χ2v) is 15.9. The molecule has 1 radical (unpaired) electrons. The quantitative estimate of drug-likeness (QED) is 0.144. The van der Waals surface area contributed by atoms with Crippen LogP contribution in [0.2, 0.25) is 12.1 Å². The van der Waals surface area contributed by atoms with Crippen LogP contribution in [-0.4, -0.2) is 59.1 Å². The molecule has 0 saturated heterocycles. The number of ether oxygens (including phenoxy) is 1. The average molecular weight is 420 g/mol. The van der Waals surface area contributed by atoms with Crippen LogP contribution in [0.4, 0.5) is 0 Å². The Hall–Kier alpha value is 1.04. The summed E-state index contributed by atoms with van der Waals surface area (Å²) in [6.45, 7) is 9.40. The van der Waals surface area contributed by atoms with E-state index in [1.165, 1.54) is 88.1 Å². The highest BCUT2D eigenvalue weighted by atomic mass is 31.1. The van der Waals surface area contributed by atoms with Gasteiger partial charge in [0.2, 0.25) is 0 Å². The molecule has 0 rings (SSSR count). The number of rotatable bonds is 20. The van der Waals surface area contributed by atoms with Crippen LogP contribution in [0.1, 0.15) is 79.1 Å². The largest absolute Gasteiger partial charge is 0.388 e. The van der Waals surface area contributed by atoms with Gasteiger partial charge in [0.15, 0.2) is 0 Å². The predicted molar refractivity (Wildman–Crippen MR) is 130 cm³/mol. The molecule has 0 aromatic rings. The second kappa shape index (κ2) is 20.8. The van der Waals surface area contributed by atoms with E-state index in [0.29, 0.717) is 15.8 Å². The highest BCUT2D eigenvalue weighted by Gasteiger charge is 2.17. The summed E-state index contributed by atoms with van der Waals surface area (Å²) in [7, 11) is 2.29. The molecule has 0 aromatic heterocycles. The minimum atomic E-state index is -0.273. The third-order valence-corrected chi connectivity index (χ3v) is 14.2. The highest BCUT2D eigenvalue weighted by Crippen LogP contribution is 2.41. The van der Waals surface area contributed by atoms with Crippen LogP contribution in [0.25, 0.3) is 0 Å². The Morgan fingerprint density at radius 2 is 0.923 bits per heavy atom. The molecule has 0 N–H and O–H groups in total. The van der Waals surface area contributed by atoms with Crippen molar-refractivity contribution >= 4 is 24.6 Å². The van der Waals surface area contributed by atoms with Crippen molar-refractivity contribution < 1.29 is 4.74 Å². The van der Waals surface area contributed by atoms with E-state index in [1.807, 2.05) is 7.11 Å². The Balaban J connectivity index is 4.38. The molecule has 0 heterocycles. The van der Waals surface area contributed by atoms with Crippen LogP contribution < -0.4 is 0 Å². The lowest BCUT2D eigenvalue weighted by atomic mass is 10.4. The van der Waals surface area contributed by atoms with Crippen LogP contribution in [-0.2, 0) is 4.74 Å². The molecule has 26 heavy (non-hydrogen) atoms. The van der Waals surface area contributed by atoms with Crippen LogP contribution in [0.15, 0.2) is 0 Å². The predicted octanol–water partition coefficient (Wildman–Crippen LogP) is 7.83. The van der Waals surface area contributed by atoms with E-state index in [2.05, 4.69) is 27.7 Å². The van der Waals surface area contributed by atoms with E-state index in [-0.39, 0.29) is 8.80 Å². The lowest BCUT2D eigenvalue weighted by Gasteiger charge is -2.23. The zero-order chi connectivity index (χ0) is 19.5. The van der Waals surface area contributed by atoms with E-state index in [4.69, 9.17) is 4.74 Å². The number of unbranched alkanes of at least 4 members (excludes halogenated alkanes) is 4. The van der Waals surface area contributed by atoms with Gasteiger partial charge in [0.25, 0.3) is 0 Å². The molecule has 0 amide bonds. The SMILES string of the molecule is CCCCP(CCCC)CC[Si](CCP(CCCC)CCCC)COC. The van der Waals surface area contributed by atoms with Gasteiger partial charge < -0.3 is 4.74 Å². The normalized spacial score (nSPS) is 12.0. The summed E-state index contributed by atoms with van der Waals surface area (Å²) in [5.74, 6) is 0. The van der Waals surface area contributed by atoms with Crippen molar-refractivity contribution in [2.75, 3.05) is 50.3 Å². The van der Waals surface area contributed by atoms with Gasteiger partial charge in [-0.1, -0.05) is 65.5 Å². The molecule has 0 bridgehead atoms. The van der Waals surface area contributed by atoms with Gasteiger partial charge in [-0.2, -0.15) is 0 Å². The van der Waals surface area contributed by atoms with Crippen LogP contribution in [0, 0.1) is 0 Å². The van der Waals surface area contributed by atoms with Gasteiger partial charge in [-0.3, -0.25) is 0 Å². The second-order valence-electron chi connectivity index (χ2n) is 7.78. The first kappa shape index (κ1) is 27.0. The van der Waals surface area contributed by atoms with Crippen molar-refractivity contribution in [1.82, 2.24) is 0 Å². The molecule has 0 aliphatic heterocycles.